The third-order valence-electron chi connectivity index (χ3n) is 6.00. The average molecular weight is 561 g/mol. The number of phenolic OH excluding ortho intramolecular Hbond substituents is 1. The molecule has 1 atom stereocenters. The molecule has 11 heteroatoms. The predicted octanol–water partition coefficient (Wildman–Crippen LogP) is 4.20. The van der Waals surface area contributed by atoms with Crippen LogP contribution in [0.25, 0.3) is 0 Å². The Morgan fingerprint density at radius 3 is 2.39 bits per heavy atom. The number of carbonyl (C=O) groups excluding carboxylic acids is 2. The summed E-state index contributed by atoms with van der Waals surface area (Å²) in [5.41, 5.74) is -0.118. The molecule has 1 fully saturated rings. The molecule has 1 heterocycles. The molecule has 2 aromatic carbocycles. The van der Waals surface area contributed by atoms with Gasteiger partial charge in [-0.25, -0.2) is 4.79 Å². The van der Waals surface area contributed by atoms with E-state index in [-0.39, 0.29) is 40.3 Å². The van der Waals surface area contributed by atoms with E-state index in [4.69, 9.17) is 32.7 Å². The maximum atomic E-state index is 13.2. The first kappa shape index (κ1) is 30.0. The Balaban J connectivity index is 0.00000456. The SMILES string of the molecule is CCN(C(=O)c1cc(Cl)c(OCCN2CCN(C)CC2)c(Cl)c1O)[C@@H](C)C(=O)Oc1ccccc1.Cl. The van der Waals surface area contributed by atoms with Gasteiger partial charge in [0.1, 0.15) is 23.4 Å². The number of rotatable bonds is 9. The summed E-state index contributed by atoms with van der Waals surface area (Å²) in [5.74, 6) is -1.16. The summed E-state index contributed by atoms with van der Waals surface area (Å²) in [7, 11) is 2.09. The van der Waals surface area contributed by atoms with Crippen LogP contribution in [0.3, 0.4) is 0 Å². The third-order valence-corrected chi connectivity index (χ3v) is 6.63. The number of halogens is 3. The van der Waals surface area contributed by atoms with E-state index < -0.39 is 23.7 Å². The minimum absolute atomic E-state index is 0. The van der Waals surface area contributed by atoms with Gasteiger partial charge in [-0.05, 0) is 39.1 Å². The van der Waals surface area contributed by atoms with E-state index in [1.807, 2.05) is 0 Å². The maximum absolute atomic E-state index is 13.2. The van der Waals surface area contributed by atoms with Gasteiger partial charge in [0.05, 0.1) is 10.6 Å². The summed E-state index contributed by atoms with van der Waals surface area (Å²) in [4.78, 5) is 31.7. The van der Waals surface area contributed by atoms with E-state index >= 15 is 0 Å². The number of benzene rings is 2. The second-order valence-electron chi connectivity index (χ2n) is 8.39. The number of piperazine rings is 1. The molecule has 8 nitrogen and oxygen atoms in total. The molecule has 1 saturated heterocycles. The predicted molar refractivity (Wildman–Crippen MR) is 143 cm³/mol. The molecule has 1 N–H and O–H groups in total. The third kappa shape index (κ3) is 7.40. The Kier molecular flexibility index (Phi) is 11.6. The lowest BCUT2D eigenvalue weighted by molar-refractivity contribution is -0.138. The Morgan fingerprint density at radius 1 is 1.14 bits per heavy atom. The van der Waals surface area contributed by atoms with Gasteiger partial charge in [-0.1, -0.05) is 41.4 Å². The molecule has 0 saturated carbocycles. The fourth-order valence-electron chi connectivity index (χ4n) is 3.80. The number of phenols is 1. The van der Waals surface area contributed by atoms with Crippen LogP contribution in [0, 0.1) is 0 Å². The van der Waals surface area contributed by atoms with Gasteiger partial charge in [0, 0.05) is 39.3 Å². The minimum Gasteiger partial charge on any atom is -0.505 e. The fraction of sp³-hybridized carbons (Fsp3) is 0.440. The highest BCUT2D eigenvalue weighted by molar-refractivity contribution is 6.39. The van der Waals surface area contributed by atoms with Gasteiger partial charge in [-0.2, -0.15) is 0 Å². The lowest BCUT2D eigenvalue weighted by Crippen LogP contribution is -2.45. The van der Waals surface area contributed by atoms with E-state index in [9.17, 15) is 14.7 Å². The Hall–Kier alpha value is -2.23. The van der Waals surface area contributed by atoms with Crippen molar-refractivity contribution < 1.29 is 24.2 Å². The number of para-hydroxylation sites is 1. The highest BCUT2D eigenvalue weighted by atomic mass is 35.5. The van der Waals surface area contributed by atoms with E-state index in [1.165, 1.54) is 11.0 Å². The van der Waals surface area contributed by atoms with E-state index in [1.54, 1.807) is 44.2 Å². The highest BCUT2D eigenvalue weighted by Crippen LogP contribution is 2.42. The van der Waals surface area contributed by atoms with Crippen molar-refractivity contribution in [3.05, 3.63) is 52.0 Å². The van der Waals surface area contributed by atoms with Crippen LogP contribution in [-0.2, 0) is 4.79 Å². The van der Waals surface area contributed by atoms with Crippen molar-refractivity contribution in [2.24, 2.45) is 0 Å². The standard InChI is InChI=1S/C25H31Cl2N3O5.ClH/c1-4-30(17(2)25(33)35-18-8-6-5-7-9-18)24(32)19-16-20(26)23(21(27)22(19)31)34-15-14-29-12-10-28(3)11-13-29;/h5-9,16-17,31H,4,10-15H2,1-3H3;1H/t17-;/m0./s1. The minimum atomic E-state index is -0.913. The van der Waals surface area contributed by atoms with Crippen molar-refractivity contribution in [3.8, 4) is 17.2 Å². The van der Waals surface area contributed by atoms with Crippen molar-refractivity contribution in [1.82, 2.24) is 14.7 Å². The number of likely N-dealkylation sites (N-methyl/N-ethyl adjacent to an activating group) is 2. The molecule has 36 heavy (non-hydrogen) atoms. The molecule has 2 aromatic rings. The van der Waals surface area contributed by atoms with Crippen LogP contribution in [-0.4, -0.2) is 90.6 Å². The van der Waals surface area contributed by atoms with Crippen LogP contribution in [0.4, 0.5) is 0 Å². The Bertz CT molecular complexity index is 1030. The van der Waals surface area contributed by atoms with Gasteiger partial charge in [-0.15, -0.1) is 12.4 Å². The molecule has 0 spiro atoms. The summed E-state index contributed by atoms with van der Waals surface area (Å²) >= 11 is 12.7. The van der Waals surface area contributed by atoms with E-state index in [0.717, 1.165) is 26.2 Å². The summed E-state index contributed by atoms with van der Waals surface area (Å²) < 4.78 is 11.1. The monoisotopic (exact) mass is 559 g/mol. The second-order valence-corrected chi connectivity index (χ2v) is 9.18. The number of nitrogens with zero attached hydrogens (tertiary/aromatic N) is 3. The fourth-order valence-corrected chi connectivity index (χ4v) is 4.36. The number of hydrogen-bond donors (Lipinski definition) is 1. The van der Waals surface area contributed by atoms with Crippen molar-refractivity contribution in [3.63, 3.8) is 0 Å². The van der Waals surface area contributed by atoms with Gasteiger partial charge < -0.3 is 24.4 Å². The molecule has 0 unspecified atom stereocenters. The maximum Gasteiger partial charge on any atom is 0.333 e. The van der Waals surface area contributed by atoms with Crippen LogP contribution in [0.5, 0.6) is 17.2 Å². The summed E-state index contributed by atoms with van der Waals surface area (Å²) in [6, 6.07) is 8.99. The lowest BCUT2D eigenvalue weighted by Gasteiger charge is -2.32. The number of hydrogen-bond acceptors (Lipinski definition) is 7. The van der Waals surface area contributed by atoms with Crippen LogP contribution in [0.2, 0.25) is 10.0 Å². The van der Waals surface area contributed by atoms with Crippen LogP contribution in [0.15, 0.2) is 36.4 Å². The zero-order valence-corrected chi connectivity index (χ0v) is 22.9. The zero-order chi connectivity index (χ0) is 25.5. The summed E-state index contributed by atoms with van der Waals surface area (Å²) in [5, 5.41) is 10.7. The molecule has 0 aromatic heterocycles. The first-order valence-corrected chi connectivity index (χ1v) is 12.3. The molecular formula is C25H32Cl3N3O5. The zero-order valence-electron chi connectivity index (χ0n) is 20.6. The number of ether oxygens (including phenoxy) is 2. The molecule has 0 radical (unpaired) electrons. The number of aromatic hydroxyl groups is 1. The van der Waals surface area contributed by atoms with Crippen LogP contribution >= 0.6 is 35.6 Å². The van der Waals surface area contributed by atoms with E-state index in [2.05, 4.69) is 16.8 Å². The molecule has 198 valence electrons. The first-order chi connectivity index (χ1) is 16.7. The highest BCUT2D eigenvalue weighted by Gasteiger charge is 2.31. The average Bonchev–Trinajstić information content (AvgIpc) is 2.85. The molecule has 0 aliphatic carbocycles. The van der Waals surface area contributed by atoms with Crippen molar-refractivity contribution in [2.45, 2.75) is 19.9 Å². The van der Waals surface area contributed by atoms with Crippen molar-refractivity contribution >= 4 is 47.5 Å². The van der Waals surface area contributed by atoms with Gasteiger partial charge in [0.25, 0.3) is 5.91 Å². The van der Waals surface area contributed by atoms with Gasteiger partial charge >= 0.3 is 5.97 Å². The van der Waals surface area contributed by atoms with E-state index in [0.29, 0.717) is 18.9 Å². The van der Waals surface area contributed by atoms with Crippen molar-refractivity contribution in [1.29, 1.82) is 0 Å². The van der Waals surface area contributed by atoms with Crippen LogP contribution < -0.4 is 9.47 Å². The molecule has 1 amide bonds. The number of amides is 1. The Labute approximate surface area is 228 Å². The van der Waals surface area contributed by atoms with Gasteiger partial charge in [-0.3, -0.25) is 9.69 Å². The molecular weight excluding hydrogens is 529 g/mol. The second kappa shape index (κ2) is 13.9. The Morgan fingerprint density at radius 2 is 1.78 bits per heavy atom. The number of esters is 1. The van der Waals surface area contributed by atoms with Crippen molar-refractivity contribution in [2.75, 3.05) is 52.9 Å². The molecule has 1 aliphatic heterocycles. The van der Waals surface area contributed by atoms with Crippen LogP contribution in [0.1, 0.15) is 24.2 Å². The number of carbonyl (C=O) groups is 2. The first-order valence-electron chi connectivity index (χ1n) is 11.5. The summed E-state index contributed by atoms with van der Waals surface area (Å²) in [6.45, 7) is 8.36. The molecule has 0 bridgehead atoms. The topological polar surface area (TPSA) is 82.5 Å². The smallest absolute Gasteiger partial charge is 0.333 e. The normalized spacial score (nSPS) is 15.0. The molecule has 3 rings (SSSR count). The van der Waals surface area contributed by atoms with Gasteiger partial charge in [0.15, 0.2) is 11.5 Å². The molecule has 1 aliphatic rings. The largest absolute Gasteiger partial charge is 0.505 e. The summed E-state index contributed by atoms with van der Waals surface area (Å²) in [6.07, 6.45) is 0. The lowest BCUT2D eigenvalue weighted by atomic mass is 10.1. The van der Waals surface area contributed by atoms with Gasteiger partial charge in [0.2, 0.25) is 0 Å². The quantitative estimate of drug-likeness (QED) is 0.364.